The fourth-order valence-electron chi connectivity index (χ4n) is 4.24. The number of fused-ring (bicyclic) bond motifs is 1. The van der Waals surface area contributed by atoms with Crippen molar-refractivity contribution in [1.29, 1.82) is 0 Å². The van der Waals surface area contributed by atoms with Gasteiger partial charge in [0.2, 0.25) is 0 Å². The summed E-state index contributed by atoms with van der Waals surface area (Å²) in [4.78, 5) is 15.0. The van der Waals surface area contributed by atoms with Crippen LogP contribution in [0.3, 0.4) is 0 Å². The lowest BCUT2D eigenvalue weighted by Gasteiger charge is -2.30. The van der Waals surface area contributed by atoms with Crippen molar-refractivity contribution in [2.45, 2.75) is 30.9 Å². The van der Waals surface area contributed by atoms with Gasteiger partial charge in [-0.1, -0.05) is 25.1 Å². The molecule has 9 nitrogen and oxygen atoms in total. The molecule has 1 aliphatic rings. The number of rotatable bonds is 6. The summed E-state index contributed by atoms with van der Waals surface area (Å²) in [6.07, 6.45) is -0.141. The molecule has 0 aromatic heterocycles. The van der Waals surface area contributed by atoms with E-state index in [0.29, 0.717) is 42.5 Å². The minimum Gasteiger partial charge on any atom is -0.491 e. The standard InChI is InChI=1S/C29H35N3O6S/c1-20-17-30-21(2)19-37-27-16-22(10-15-26(27)29(33)32(3)18-28(20)36-4)31-39(34,35)25-13-11-24(12-14-25)38-23-8-6-5-7-9-23/h5-16,20-21,28,30-31H,17-19H2,1-4H3/t20-,21-,28+/m0/s1. The molecule has 1 amide bonds. The Morgan fingerprint density at radius 1 is 1.00 bits per heavy atom. The van der Waals surface area contributed by atoms with Crippen LogP contribution in [0.15, 0.2) is 77.7 Å². The van der Waals surface area contributed by atoms with Crippen LogP contribution < -0.4 is 19.5 Å². The van der Waals surface area contributed by atoms with Crippen molar-refractivity contribution in [1.82, 2.24) is 10.2 Å². The smallest absolute Gasteiger partial charge is 0.261 e. The molecule has 3 atom stereocenters. The van der Waals surface area contributed by atoms with Crippen LogP contribution in [0.5, 0.6) is 17.2 Å². The molecule has 208 valence electrons. The van der Waals surface area contributed by atoms with Crippen molar-refractivity contribution in [3.63, 3.8) is 0 Å². The Bertz CT molecular complexity index is 1370. The molecule has 0 fully saturated rings. The summed E-state index contributed by atoms with van der Waals surface area (Å²) >= 11 is 0. The molecule has 0 unspecified atom stereocenters. The van der Waals surface area contributed by atoms with Crippen LogP contribution in [-0.2, 0) is 14.8 Å². The molecule has 1 aliphatic heterocycles. The third-order valence-electron chi connectivity index (χ3n) is 6.59. The fourth-order valence-corrected chi connectivity index (χ4v) is 5.29. The van der Waals surface area contributed by atoms with Crippen molar-refractivity contribution in [2.75, 3.05) is 38.6 Å². The van der Waals surface area contributed by atoms with Crippen LogP contribution in [-0.4, -0.2) is 65.2 Å². The molecule has 0 saturated carbocycles. The van der Waals surface area contributed by atoms with Gasteiger partial charge in [-0.25, -0.2) is 8.42 Å². The van der Waals surface area contributed by atoms with E-state index in [4.69, 9.17) is 14.2 Å². The summed E-state index contributed by atoms with van der Waals surface area (Å²) in [5.74, 6) is 1.42. The maximum atomic E-state index is 13.3. The Morgan fingerprint density at radius 3 is 2.38 bits per heavy atom. The lowest BCUT2D eigenvalue weighted by molar-refractivity contribution is 0.0281. The lowest BCUT2D eigenvalue weighted by Crippen LogP contribution is -2.44. The van der Waals surface area contributed by atoms with Gasteiger partial charge in [-0.2, -0.15) is 0 Å². The maximum absolute atomic E-state index is 13.3. The number of anilines is 1. The molecule has 39 heavy (non-hydrogen) atoms. The first kappa shape index (κ1) is 28.4. The van der Waals surface area contributed by atoms with E-state index in [1.807, 2.05) is 37.3 Å². The number of benzene rings is 3. The number of hydrogen-bond acceptors (Lipinski definition) is 7. The largest absolute Gasteiger partial charge is 0.491 e. The van der Waals surface area contributed by atoms with E-state index in [2.05, 4.69) is 17.0 Å². The molecule has 10 heteroatoms. The van der Waals surface area contributed by atoms with Gasteiger partial charge in [-0.3, -0.25) is 9.52 Å². The molecule has 2 N–H and O–H groups in total. The molecule has 3 aromatic rings. The zero-order valence-corrected chi connectivity index (χ0v) is 23.4. The highest BCUT2D eigenvalue weighted by molar-refractivity contribution is 7.92. The molecule has 1 heterocycles. The number of methoxy groups -OCH3 is 1. The van der Waals surface area contributed by atoms with Gasteiger partial charge in [0.25, 0.3) is 15.9 Å². The summed E-state index contributed by atoms with van der Waals surface area (Å²) in [5.41, 5.74) is 0.628. The molecular weight excluding hydrogens is 518 g/mol. The zero-order chi connectivity index (χ0) is 28.0. The topological polar surface area (TPSA) is 106 Å². The van der Waals surface area contributed by atoms with E-state index in [0.717, 1.165) is 0 Å². The van der Waals surface area contributed by atoms with E-state index in [9.17, 15) is 13.2 Å². The van der Waals surface area contributed by atoms with Crippen molar-refractivity contribution in [3.05, 3.63) is 78.4 Å². The molecule has 0 aliphatic carbocycles. The summed E-state index contributed by atoms with van der Waals surface area (Å²) in [7, 11) is -0.543. The van der Waals surface area contributed by atoms with E-state index in [1.165, 1.54) is 12.1 Å². The number of nitrogens with zero attached hydrogens (tertiary/aromatic N) is 1. The number of amides is 1. The lowest BCUT2D eigenvalue weighted by atomic mass is 10.0. The van der Waals surface area contributed by atoms with Gasteiger partial charge in [-0.15, -0.1) is 0 Å². The molecule has 0 saturated heterocycles. The van der Waals surface area contributed by atoms with Crippen LogP contribution >= 0.6 is 0 Å². The average Bonchev–Trinajstić information content (AvgIpc) is 2.93. The van der Waals surface area contributed by atoms with Gasteiger partial charge in [0, 0.05) is 39.4 Å². The normalized spacial score (nSPS) is 20.7. The quantitative estimate of drug-likeness (QED) is 0.467. The molecule has 0 radical (unpaired) electrons. The molecule has 0 spiro atoms. The monoisotopic (exact) mass is 553 g/mol. The third-order valence-corrected chi connectivity index (χ3v) is 7.99. The van der Waals surface area contributed by atoms with E-state index < -0.39 is 10.0 Å². The van der Waals surface area contributed by atoms with E-state index >= 15 is 0 Å². The predicted molar refractivity (Wildman–Crippen MR) is 150 cm³/mol. The highest BCUT2D eigenvalue weighted by Gasteiger charge is 2.26. The summed E-state index contributed by atoms with van der Waals surface area (Å²) in [6, 6.07) is 20.1. The Kier molecular flexibility index (Phi) is 9.11. The number of hydrogen-bond donors (Lipinski definition) is 2. The molecule has 0 bridgehead atoms. The summed E-state index contributed by atoms with van der Waals surface area (Å²) in [6.45, 7) is 5.48. The number of para-hydroxylation sites is 1. The number of carbonyl (C=O) groups excluding carboxylic acids is 1. The second kappa shape index (κ2) is 12.5. The summed E-state index contributed by atoms with van der Waals surface area (Å²) in [5, 5.41) is 3.44. The number of sulfonamides is 1. The number of carbonyl (C=O) groups is 1. The van der Waals surface area contributed by atoms with Gasteiger partial charge in [-0.05, 0) is 61.4 Å². The predicted octanol–water partition coefficient (Wildman–Crippen LogP) is 4.37. The SMILES string of the molecule is CO[C@@H]1CN(C)C(=O)c2ccc(NS(=O)(=O)c3ccc(Oc4ccccc4)cc3)cc2OC[C@H](C)NC[C@@H]1C. The summed E-state index contributed by atoms with van der Waals surface area (Å²) < 4.78 is 46.3. The first-order chi connectivity index (χ1) is 18.7. The van der Waals surface area contributed by atoms with Crippen LogP contribution in [0.2, 0.25) is 0 Å². The van der Waals surface area contributed by atoms with Gasteiger partial charge >= 0.3 is 0 Å². The van der Waals surface area contributed by atoms with E-state index in [1.54, 1.807) is 49.4 Å². The Hall–Kier alpha value is -3.60. The number of ether oxygens (including phenoxy) is 3. The van der Waals surface area contributed by atoms with Crippen molar-refractivity contribution < 1.29 is 27.4 Å². The Morgan fingerprint density at radius 2 is 1.69 bits per heavy atom. The first-order valence-corrected chi connectivity index (χ1v) is 14.3. The second-order valence-electron chi connectivity index (χ2n) is 9.76. The highest BCUT2D eigenvalue weighted by atomic mass is 32.2. The van der Waals surface area contributed by atoms with Gasteiger partial charge in [0.15, 0.2) is 0 Å². The van der Waals surface area contributed by atoms with E-state index in [-0.39, 0.29) is 34.6 Å². The minimum absolute atomic E-state index is 0.00188. The van der Waals surface area contributed by atoms with Gasteiger partial charge in [0.1, 0.15) is 23.9 Å². The fraction of sp³-hybridized carbons (Fsp3) is 0.345. The number of likely N-dealkylation sites (N-methyl/N-ethyl adjacent to an activating group) is 1. The van der Waals surface area contributed by atoms with Crippen LogP contribution in [0.25, 0.3) is 0 Å². The highest BCUT2D eigenvalue weighted by Crippen LogP contribution is 2.28. The average molecular weight is 554 g/mol. The number of nitrogens with one attached hydrogen (secondary N) is 2. The zero-order valence-electron chi connectivity index (χ0n) is 22.6. The second-order valence-corrected chi connectivity index (χ2v) is 11.4. The minimum atomic E-state index is -3.91. The van der Waals surface area contributed by atoms with Gasteiger partial charge in [0.05, 0.1) is 22.3 Å². The van der Waals surface area contributed by atoms with Crippen molar-refractivity contribution in [3.8, 4) is 17.2 Å². The first-order valence-electron chi connectivity index (χ1n) is 12.8. The Labute approximate surface area is 230 Å². The van der Waals surface area contributed by atoms with Crippen LogP contribution in [0.1, 0.15) is 24.2 Å². The van der Waals surface area contributed by atoms with Gasteiger partial charge < -0.3 is 24.4 Å². The van der Waals surface area contributed by atoms with Crippen molar-refractivity contribution in [2.24, 2.45) is 5.92 Å². The van der Waals surface area contributed by atoms with Crippen LogP contribution in [0.4, 0.5) is 5.69 Å². The van der Waals surface area contributed by atoms with Crippen LogP contribution in [0, 0.1) is 5.92 Å². The molecule has 4 rings (SSSR count). The molecular formula is C29H35N3O6S. The Balaban J connectivity index is 1.54. The third kappa shape index (κ3) is 7.29. The maximum Gasteiger partial charge on any atom is 0.261 e. The molecule has 3 aromatic carbocycles. The van der Waals surface area contributed by atoms with Crippen molar-refractivity contribution >= 4 is 21.6 Å².